The molecule has 17 heavy (non-hydrogen) atoms. The van der Waals surface area contributed by atoms with Crippen molar-refractivity contribution in [3.05, 3.63) is 48.2 Å². The normalized spacial score (nSPS) is 10.2. The summed E-state index contributed by atoms with van der Waals surface area (Å²) in [6.07, 6.45) is 1.79. The Kier molecular flexibility index (Phi) is 3.88. The van der Waals surface area contributed by atoms with Crippen LogP contribution in [-0.4, -0.2) is 12.1 Å². The zero-order valence-corrected chi connectivity index (χ0v) is 10.4. The average Bonchev–Trinajstić information content (AvgIpc) is 2.38. The van der Waals surface area contributed by atoms with E-state index >= 15 is 0 Å². The van der Waals surface area contributed by atoms with Gasteiger partial charge in [-0.25, -0.2) is 4.98 Å². The molecule has 0 aliphatic heterocycles. The van der Waals surface area contributed by atoms with Crippen molar-refractivity contribution in [2.75, 3.05) is 12.8 Å². The van der Waals surface area contributed by atoms with Gasteiger partial charge in [-0.1, -0.05) is 12.1 Å². The molecule has 0 amide bonds. The molecule has 2 N–H and O–H groups in total. The van der Waals surface area contributed by atoms with Gasteiger partial charge < -0.3 is 10.5 Å². The molecule has 0 aliphatic rings. The number of benzene rings is 1. The number of thioether (sulfide) groups is 1. The standard InChI is InChI=1S/C13H14N2OS/c1-16-12-8-11(14)6-5-10(12)9-17-13-4-2-3-7-15-13/h2-8H,9,14H2,1H3. The van der Waals surface area contributed by atoms with Gasteiger partial charge in [0, 0.05) is 29.3 Å². The summed E-state index contributed by atoms with van der Waals surface area (Å²) in [6, 6.07) is 11.6. The van der Waals surface area contributed by atoms with Crippen LogP contribution in [0, 0.1) is 0 Å². The highest BCUT2D eigenvalue weighted by atomic mass is 32.2. The molecule has 2 rings (SSSR count). The second-order valence-electron chi connectivity index (χ2n) is 3.53. The van der Waals surface area contributed by atoms with Crippen LogP contribution >= 0.6 is 11.8 Å². The van der Waals surface area contributed by atoms with E-state index < -0.39 is 0 Å². The lowest BCUT2D eigenvalue weighted by molar-refractivity contribution is 0.411. The maximum Gasteiger partial charge on any atom is 0.124 e. The largest absolute Gasteiger partial charge is 0.496 e. The number of nitrogens with two attached hydrogens (primary N) is 1. The number of aromatic nitrogens is 1. The molecule has 0 radical (unpaired) electrons. The Morgan fingerprint density at radius 2 is 2.18 bits per heavy atom. The van der Waals surface area contributed by atoms with Crippen molar-refractivity contribution in [1.29, 1.82) is 0 Å². The molecule has 4 heteroatoms. The van der Waals surface area contributed by atoms with E-state index in [1.54, 1.807) is 25.1 Å². The summed E-state index contributed by atoms with van der Waals surface area (Å²) >= 11 is 1.68. The summed E-state index contributed by atoms with van der Waals surface area (Å²) in [6.45, 7) is 0. The zero-order chi connectivity index (χ0) is 12.1. The predicted octanol–water partition coefficient (Wildman–Crippen LogP) is 2.96. The molecule has 0 atom stereocenters. The first kappa shape index (κ1) is 11.8. The minimum atomic E-state index is 0.716. The smallest absolute Gasteiger partial charge is 0.124 e. The van der Waals surface area contributed by atoms with Crippen LogP contribution in [0.5, 0.6) is 5.75 Å². The number of anilines is 1. The maximum atomic E-state index is 5.71. The van der Waals surface area contributed by atoms with Gasteiger partial charge in [0.1, 0.15) is 5.75 Å². The molecular formula is C13H14N2OS. The Labute approximate surface area is 105 Å². The fraction of sp³-hybridized carbons (Fsp3) is 0.154. The minimum absolute atomic E-state index is 0.716. The number of pyridine rings is 1. The third-order valence-electron chi connectivity index (χ3n) is 2.32. The van der Waals surface area contributed by atoms with Crippen molar-refractivity contribution in [1.82, 2.24) is 4.98 Å². The van der Waals surface area contributed by atoms with Crippen molar-refractivity contribution in [3.63, 3.8) is 0 Å². The molecule has 3 nitrogen and oxygen atoms in total. The molecule has 1 aromatic carbocycles. The highest BCUT2D eigenvalue weighted by molar-refractivity contribution is 7.98. The van der Waals surface area contributed by atoms with Gasteiger partial charge in [0.15, 0.2) is 0 Å². The molecule has 0 spiro atoms. The summed E-state index contributed by atoms with van der Waals surface area (Å²) in [5, 5.41) is 1.01. The minimum Gasteiger partial charge on any atom is -0.496 e. The van der Waals surface area contributed by atoms with Crippen LogP contribution in [0.15, 0.2) is 47.6 Å². The van der Waals surface area contributed by atoms with E-state index in [1.165, 1.54) is 0 Å². The predicted molar refractivity (Wildman–Crippen MR) is 71.2 cm³/mol. The molecule has 0 bridgehead atoms. The van der Waals surface area contributed by atoms with Gasteiger partial charge in [-0.15, -0.1) is 11.8 Å². The Hall–Kier alpha value is -1.68. The van der Waals surface area contributed by atoms with Gasteiger partial charge in [-0.2, -0.15) is 0 Å². The fourth-order valence-corrected chi connectivity index (χ4v) is 2.32. The highest BCUT2D eigenvalue weighted by Gasteiger charge is 2.04. The molecule has 0 fully saturated rings. The quantitative estimate of drug-likeness (QED) is 0.665. The highest BCUT2D eigenvalue weighted by Crippen LogP contribution is 2.28. The molecular weight excluding hydrogens is 232 g/mol. The first-order valence-corrected chi connectivity index (χ1v) is 6.24. The first-order valence-electron chi connectivity index (χ1n) is 5.26. The molecule has 0 unspecified atom stereocenters. The number of rotatable bonds is 4. The molecule has 2 aromatic rings. The lowest BCUT2D eigenvalue weighted by Crippen LogP contribution is -1.93. The number of hydrogen-bond donors (Lipinski definition) is 1. The van der Waals surface area contributed by atoms with E-state index in [2.05, 4.69) is 4.98 Å². The first-order chi connectivity index (χ1) is 8.29. The number of ether oxygens (including phenoxy) is 1. The Bertz CT molecular complexity index is 488. The van der Waals surface area contributed by atoms with Crippen molar-refractivity contribution in [2.24, 2.45) is 0 Å². The average molecular weight is 246 g/mol. The van der Waals surface area contributed by atoms with E-state index in [9.17, 15) is 0 Å². The monoisotopic (exact) mass is 246 g/mol. The number of nitrogen functional groups attached to an aromatic ring is 1. The number of nitrogens with zero attached hydrogens (tertiary/aromatic N) is 1. The van der Waals surface area contributed by atoms with Crippen LogP contribution in [0.1, 0.15) is 5.56 Å². The number of methoxy groups -OCH3 is 1. The SMILES string of the molecule is COc1cc(N)ccc1CSc1ccccn1. The molecule has 0 saturated carbocycles. The summed E-state index contributed by atoms with van der Waals surface area (Å²) in [5.74, 6) is 1.65. The molecule has 1 heterocycles. The van der Waals surface area contributed by atoms with E-state index in [0.29, 0.717) is 5.69 Å². The third kappa shape index (κ3) is 3.14. The van der Waals surface area contributed by atoms with Crippen molar-refractivity contribution < 1.29 is 4.74 Å². The van der Waals surface area contributed by atoms with Gasteiger partial charge in [0.25, 0.3) is 0 Å². The lowest BCUT2D eigenvalue weighted by atomic mass is 10.2. The molecule has 0 saturated heterocycles. The molecule has 0 aliphatic carbocycles. The van der Waals surface area contributed by atoms with Gasteiger partial charge in [0.2, 0.25) is 0 Å². The van der Waals surface area contributed by atoms with Crippen LogP contribution in [0.25, 0.3) is 0 Å². The van der Waals surface area contributed by atoms with Crippen molar-refractivity contribution in [3.8, 4) is 5.75 Å². The van der Waals surface area contributed by atoms with E-state index in [4.69, 9.17) is 10.5 Å². The second kappa shape index (κ2) is 5.59. The Balaban J connectivity index is 2.09. The van der Waals surface area contributed by atoms with Crippen LogP contribution in [0.3, 0.4) is 0 Å². The summed E-state index contributed by atoms with van der Waals surface area (Å²) in [4.78, 5) is 4.26. The van der Waals surface area contributed by atoms with Crippen LogP contribution < -0.4 is 10.5 Å². The topological polar surface area (TPSA) is 48.1 Å². The van der Waals surface area contributed by atoms with Gasteiger partial charge in [-0.05, 0) is 18.2 Å². The number of hydrogen-bond acceptors (Lipinski definition) is 4. The van der Waals surface area contributed by atoms with Crippen molar-refractivity contribution >= 4 is 17.4 Å². The van der Waals surface area contributed by atoms with Crippen LogP contribution in [-0.2, 0) is 5.75 Å². The van der Waals surface area contributed by atoms with Crippen molar-refractivity contribution in [2.45, 2.75) is 10.8 Å². The lowest BCUT2D eigenvalue weighted by Gasteiger charge is -2.08. The van der Waals surface area contributed by atoms with Gasteiger partial charge >= 0.3 is 0 Å². The van der Waals surface area contributed by atoms with E-state index in [1.807, 2.05) is 36.4 Å². The molecule has 88 valence electrons. The summed E-state index contributed by atoms with van der Waals surface area (Å²) in [7, 11) is 1.66. The summed E-state index contributed by atoms with van der Waals surface area (Å²) < 4.78 is 5.30. The maximum absolute atomic E-state index is 5.71. The van der Waals surface area contributed by atoms with E-state index in [0.717, 1.165) is 22.1 Å². The molecule has 1 aromatic heterocycles. The Morgan fingerprint density at radius 1 is 1.29 bits per heavy atom. The van der Waals surface area contributed by atoms with Crippen LogP contribution in [0.2, 0.25) is 0 Å². The second-order valence-corrected chi connectivity index (χ2v) is 4.52. The zero-order valence-electron chi connectivity index (χ0n) is 9.59. The van der Waals surface area contributed by atoms with Gasteiger partial charge in [0.05, 0.1) is 12.1 Å². The van der Waals surface area contributed by atoms with Crippen LogP contribution in [0.4, 0.5) is 5.69 Å². The fourth-order valence-electron chi connectivity index (χ4n) is 1.46. The Morgan fingerprint density at radius 3 is 2.88 bits per heavy atom. The van der Waals surface area contributed by atoms with Gasteiger partial charge in [-0.3, -0.25) is 0 Å². The third-order valence-corrected chi connectivity index (χ3v) is 3.32. The summed E-state index contributed by atoms with van der Waals surface area (Å²) in [5.41, 5.74) is 7.55. The van der Waals surface area contributed by atoms with E-state index in [-0.39, 0.29) is 0 Å².